The molecule has 1 amide bonds. The Balaban J connectivity index is 2.44. The number of rotatable bonds is 1. The molecule has 8 heteroatoms. The van der Waals surface area contributed by atoms with Crippen LogP contribution in [0.1, 0.15) is 0 Å². The lowest BCUT2D eigenvalue weighted by atomic mass is 9.96. The number of carboxylic acid groups (broad SMARTS) is 1. The van der Waals surface area contributed by atoms with Crippen molar-refractivity contribution in [2.75, 3.05) is 0 Å². The third-order valence-corrected chi connectivity index (χ3v) is 2.17. The predicted octanol–water partition coefficient (Wildman–Crippen LogP) is 1.03. The monoisotopic (exact) mass is 247 g/mol. The summed E-state index contributed by atoms with van der Waals surface area (Å²) in [4.78, 5) is 24.7. The molecular formula is C9H4F3NO4. The summed E-state index contributed by atoms with van der Waals surface area (Å²) in [6, 6.07) is 0. The Labute approximate surface area is 91.9 Å². The van der Waals surface area contributed by atoms with Crippen LogP contribution < -0.4 is 0 Å². The molecule has 2 aliphatic heterocycles. The Morgan fingerprint density at radius 2 is 2.12 bits per heavy atom. The van der Waals surface area contributed by atoms with Gasteiger partial charge < -0.3 is 9.84 Å². The van der Waals surface area contributed by atoms with Crippen molar-refractivity contribution >= 4 is 17.8 Å². The molecule has 2 heterocycles. The molecule has 0 aromatic heterocycles. The highest BCUT2D eigenvalue weighted by molar-refractivity contribution is 6.07. The van der Waals surface area contributed by atoms with Gasteiger partial charge in [-0.25, -0.2) is 4.79 Å². The van der Waals surface area contributed by atoms with Gasteiger partial charge >= 0.3 is 12.1 Å². The standard InChI is InChI=1S/C9H4F3NO4/c10-9(11,12)4-2-6(14)13-7-3(4)1-5(17-7)8(15)16/h1-3H,(H,15,16). The number of carbonyl (C=O) groups excluding carboxylic acids is 1. The second-order valence-electron chi connectivity index (χ2n) is 3.30. The summed E-state index contributed by atoms with van der Waals surface area (Å²) >= 11 is 0. The summed E-state index contributed by atoms with van der Waals surface area (Å²) < 4.78 is 42.3. The van der Waals surface area contributed by atoms with Crippen molar-refractivity contribution in [3.8, 4) is 0 Å². The largest absolute Gasteiger partial charge is 0.475 e. The van der Waals surface area contributed by atoms with Crippen LogP contribution in [0.5, 0.6) is 0 Å². The maximum Gasteiger partial charge on any atom is 0.413 e. The molecule has 0 saturated heterocycles. The molecule has 0 spiro atoms. The van der Waals surface area contributed by atoms with Gasteiger partial charge in [-0.1, -0.05) is 0 Å². The van der Waals surface area contributed by atoms with Crippen molar-refractivity contribution in [1.29, 1.82) is 0 Å². The normalized spacial score (nSPS) is 23.4. The van der Waals surface area contributed by atoms with Gasteiger partial charge in [-0.15, -0.1) is 0 Å². The highest BCUT2D eigenvalue weighted by atomic mass is 19.4. The molecule has 0 bridgehead atoms. The van der Waals surface area contributed by atoms with Crippen LogP contribution in [0.15, 0.2) is 28.5 Å². The number of dihydropyridines is 1. The number of amides is 1. The van der Waals surface area contributed by atoms with E-state index in [4.69, 9.17) is 5.11 Å². The highest BCUT2D eigenvalue weighted by Crippen LogP contribution is 2.38. The molecule has 1 N–H and O–H groups in total. The van der Waals surface area contributed by atoms with E-state index in [0.29, 0.717) is 6.08 Å². The van der Waals surface area contributed by atoms with Crippen LogP contribution in [-0.4, -0.2) is 29.1 Å². The lowest BCUT2D eigenvalue weighted by molar-refractivity contribution is -0.135. The molecule has 2 aliphatic rings. The Bertz CT molecular complexity index is 501. The summed E-state index contributed by atoms with van der Waals surface area (Å²) in [5, 5.41) is 8.58. The first-order chi connectivity index (χ1) is 7.79. The van der Waals surface area contributed by atoms with E-state index >= 15 is 0 Å². The summed E-state index contributed by atoms with van der Waals surface area (Å²) in [5.74, 6) is -5.32. The van der Waals surface area contributed by atoms with E-state index < -0.39 is 41.2 Å². The molecule has 17 heavy (non-hydrogen) atoms. The maximum atomic E-state index is 12.6. The predicted molar refractivity (Wildman–Crippen MR) is 46.9 cm³/mol. The van der Waals surface area contributed by atoms with E-state index in [9.17, 15) is 22.8 Å². The minimum Gasteiger partial charge on any atom is -0.475 e. The van der Waals surface area contributed by atoms with Crippen LogP contribution in [-0.2, 0) is 14.3 Å². The smallest absolute Gasteiger partial charge is 0.413 e. The molecule has 0 saturated carbocycles. The van der Waals surface area contributed by atoms with Crippen molar-refractivity contribution in [3.05, 3.63) is 23.5 Å². The second-order valence-corrected chi connectivity index (χ2v) is 3.30. The van der Waals surface area contributed by atoms with Gasteiger partial charge in [0.2, 0.25) is 11.7 Å². The van der Waals surface area contributed by atoms with Crippen LogP contribution in [0.25, 0.3) is 0 Å². The van der Waals surface area contributed by atoms with Gasteiger partial charge in [0.15, 0.2) is 0 Å². The maximum absolute atomic E-state index is 12.6. The van der Waals surface area contributed by atoms with Crippen LogP contribution in [0.4, 0.5) is 13.2 Å². The van der Waals surface area contributed by atoms with Crippen LogP contribution >= 0.6 is 0 Å². The molecule has 5 nitrogen and oxygen atoms in total. The zero-order valence-corrected chi connectivity index (χ0v) is 7.99. The first-order valence-electron chi connectivity index (χ1n) is 4.33. The average molecular weight is 247 g/mol. The fraction of sp³-hybridized carbons (Fsp3) is 0.222. The zero-order valence-electron chi connectivity index (χ0n) is 7.99. The second kappa shape index (κ2) is 3.44. The number of nitrogens with zero attached hydrogens (tertiary/aromatic N) is 1. The third kappa shape index (κ3) is 1.93. The van der Waals surface area contributed by atoms with E-state index in [1.165, 1.54) is 0 Å². The third-order valence-electron chi connectivity index (χ3n) is 2.17. The minimum atomic E-state index is -4.74. The van der Waals surface area contributed by atoms with Gasteiger partial charge in [0, 0.05) is 6.08 Å². The number of ether oxygens (including phenoxy) is 1. The van der Waals surface area contributed by atoms with Gasteiger partial charge in [0.05, 0.1) is 11.5 Å². The number of carbonyl (C=O) groups is 2. The SMILES string of the molecule is O=C1C=C(C(F)(F)F)C2C=C(C(=O)O)OC2=N1. The van der Waals surface area contributed by atoms with Crippen molar-refractivity contribution < 1.29 is 32.6 Å². The summed E-state index contributed by atoms with van der Waals surface area (Å²) in [5.41, 5.74) is -1.18. The summed E-state index contributed by atoms with van der Waals surface area (Å²) in [6.45, 7) is 0. The zero-order chi connectivity index (χ0) is 12.8. The Morgan fingerprint density at radius 1 is 1.47 bits per heavy atom. The lowest BCUT2D eigenvalue weighted by Gasteiger charge is -2.18. The van der Waals surface area contributed by atoms with E-state index in [0.717, 1.165) is 6.08 Å². The molecule has 1 unspecified atom stereocenters. The number of alkyl halides is 3. The molecule has 1 atom stereocenters. The van der Waals surface area contributed by atoms with Gasteiger partial charge in [0.25, 0.3) is 5.91 Å². The van der Waals surface area contributed by atoms with Crippen LogP contribution in [0.3, 0.4) is 0 Å². The Morgan fingerprint density at radius 3 is 2.65 bits per heavy atom. The number of halogens is 3. The van der Waals surface area contributed by atoms with Gasteiger partial charge in [0.1, 0.15) is 0 Å². The van der Waals surface area contributed by atoms with Crippen LogP contribution in [0, 0.1) is 5.92 Å². The van der Waals surface area contributed by atoms with E-state index in [2.05, 4.69) is 9.73 Å². The topological polar surface area (TPSA) is 76.0 Å². The molecule has 0 radical (unpaired) electrons. The molecule has 0 aromatic rings. The Hall–Kier alpha value is -2.12. The van der Waals surface area contributed by atoms with Crippen molar-refractivity contribution in [2.24, 2.45) is 10.9 Å². The fourth-order valence-corrected chi connectivity index (χ4v) is 1.48. The number of hydrogen-bond acceptors (Lipinski definition) is 3. The number of fused-ring (bicyclic) bond motifs is 1. The number of aliphatic carboxylic acids is 1. The molecule has 0 aromatic carbocycles. The van der Waals surface area contributed by atoms with Gasteiger partial charge in [-0.3, -0.25) is 4.79 Å². The van der Waals surface area contributed by atoms with E-state index in [-0.39, 0.29) is 0 Å². The number of carboxylic acids is 1. The van der Waals surface area contributed by atoms with E-state index in [1.807, 2.05) is 0 Å². The van der Waals surface area contributed by atoms with Crippen molar-refractivity contribution in [3.63, 3.8) is 0 Å². The molecule has 0 fully saturated rings. The Kier molecular flexibility index (Phi) is 2.30. The van der Waals surface area contributed by atoms with E-state index in [1.54, 1.807) is 0 Å². The number of aliphatic imine (C=N–C) groups is 1. The van der Waals surface area contributed by atoms with Gasteiger partial charge in [-0.05, 0) is 6.08 Å². The van der Waals surface area contributed by atoms with Gasteiger partial charge in [-0.2, -0.15) is 18.2 Å². The minimum absolute atomic E-state index is 0.332. The quantitative estimate of drug-likeness (QED) is 0.750. The first kappa shape index (κ1) is 11.4. The first-order valence-corrected chi connectivity index (χ1v) is 4.33. The molecule has 0 aliphatic carbocycles. The molecular weight excluding hydrogens is 243 g/mol. The average Bonchev–Trinajstić information content (AvgIpc) is 2.58. The number of hydrogen-bond donors (Lipinski definition) is 1. The lowest BCUT2D eigenvalue weighted by Crippen LogP contribution is -2.27. The van der Waals surface area contributed by atoms with Crippen molar-refractivity contribution in [2.45, 2.75) is 6.18 Å². The van der Waals surface area contributed by atoms with Crippen LogP contribution in [0.2, 0.25) is 0 Å². The summed E-state index contributed by atoms with van der Waals surface area (Å²) in [7, 11) is 0. The highest BCUT2D eigenvalue weighted by Gasteiger charge is 2.46. The molecule has 2 rings (SSSR count). The molecule has 90 valence electrons. The van der Waals surface area contributed by atoms with Crippen molar-refractivity contribution in [1.82, 2.24) is 0 Å². The summed E-state index contributed by atoms with van der Waals surface area (Å²) in [6.07, 6.45) is -3.64. The fourth-order valence-electron chi connectivity index (χ4n) is 1.48.